The first kappa shape index (κ1) is 13.1. The topological polar surface area (TPSA) is 41.1 Å². The van der Waals surface area contributed by atoms with Crippen LogP contribution >= 0.6 is 15.9 Å². The van der Waals surface area contributed by atoms with Crippen molar-refractivity contribution in [3.8, 4) is 0 Å². The molecule has 0 spiro atoms. The van der Waals surface area contributed by atoms with E-state index >= 15 is 0 Å². The molecule has 0 fully saturated rings. The SMILES string of the molecule is O=C(NC/C=C/Br)N[C@@H]1CCCc2ccccc21. The zero-order valence-electron chi connectivity index (χ0n) is 10.2. The van der Waals surface area contributed by atoms with E-state index in [9.17, 15) is 4.79 Å². The van der Waals surface area contributed by atoms with Crippen molar-refractivity contribution in [2.45, 2.75) is 25.3 Å². The Hall–Kier alpha value is -1.29. The third-order valence-electron chi connectivity index (χ3n) is 3.14. The van der Waals surface area contributed by atoms with Crippen LogP contribution in [-0.2, 0) is 6.42 Å². The molecule has 3 nitrogen and oxygen atoms in total. The number of hydrogen-bond donors (Lipinski definition) is 2. The number of halogens is 1. The van der Waals surface area contributed by atoms with Gasteiger partial charge in [-0.1, -0.05) is 46.3 Å². The summed E-state index contributed by atoms with van der Waals surface area (Å²) in [5.41, 5.74) is 2.62. The first-order valence-electron chi connectivity index (χ1n) is 6.18. The Morgan fingerprint density at radius 3 is 3.11 bits per heavy atom. The van der Waals surface area contributed by atoms with Gasteiger partial charge in [0, 0.05) is 6.54 Å². The van der Waals surface area contributed by atoms with Crippen LogP contribution in [0, 0.1) is 0 Å². The lowest BCUT2D eigenvalue weighted by Crippen LogP contribution is -2.39. The molecule has 0 saturated carbocycles. The molecule has 4 heteroatoms. The predicted octanol–water partition coefficient (Wildman–Crippen LogP) is 3.27. The highest BCUT2D eigenvalue weighted by Gasteiger charge is 2.20. The standard InChI is InChI=1S/C14H17BrN2O/c15-9-4-10-16-14(18)17-13-8-3-6-11-5-1-2-7-12(11)13/h1-2,4-5,7,9,13H,3,6,8,10H2,(H2,16,17,18)/b9-4+/t13-/m1/s1. The van der Waals surface area contributed by atoms with E-state index in [0.717, 1.165) is 19.3 Å². The van der Waals surface area contributed by atoms with Crippen molar-refractivity contribution in [3.63, 3.8) is 0 Å². The molecule has 1 aromatic carbocycles. The van der Waals surface area contributed by atoms with E-state index in [2.05, 4.69) is 44.8 Å². The number of carbonyl (C=O) groups excluding carboxylic acids is 1. The molecule has 18 heavy (non-hydrogen) atoms. The maximum Gasteiger partial charge on any atom is 0.315 e. The fourth-order valence-corrected chi connectivity index (χ4v) is 2.50. The smallest absolute Gasteiger partial charge is 0.315 e. The van der Waals surface area contributed by atoms with Gasteiger partial charge >= 0.3 is 6.03 Å². The number of rotatable bonds is 3. The molecule has 1 aliphatic rings. The van der Waals surface area contributed by atoms with Crippen molar-refractivity contribution < 1.29 is 4.79 Å². The number of hydrogen-bond acceptors (Lipinski definition) is 1. The van der Waals surface area contributed by atoms with Gasteiger partial charge in [0.2, 0.25) is 0 Å². The van der Waals surface area contributed by atoms with E-state index in [1.54, 1.807) is 4.99 Å². The minimum atomic E-state index is -0.109. The normalized spacial score (nSPS) is 18.4. The summed E-state index contributed by atoms with van der Waals surface area (Å²) < 4.78 is 0. The predicted molar refractivity (Wildman–Crippen MR) is 76.7 cm³/mol. The highest BCUT2D eigenvalue weighted by atomic mass is 79.9. The van der Waals surface area contributed by atoms with E-state index in [1.165, 1.54) is 11.1 Å². The minimum Gasteiger partial charge on any atom is -0.335 e. The lowest BCUT2D eigenvalue weighted by atomic mass is 9.88. The second-order valence-electron chi connectivity index (χ2n) is 4.36. The summed E-state index contributed by atoms with van der Waals surface area (Å²) in [5, 5.41) is 5.83. The average Bonchev–Trinajstić information content (AvgIpc) is 2.39. The van der Waals surface area contributed by atoms with Gasteiger partial charge in [-0.05, 0) is 35.4 Å². The Morgan fingerprint density at radius 2 is 2.28 bits per heavy atom. The van der Waals surface area contributed by atoms with Crippen LogP contribution in [0.5, 0.6) is 0 Å². The molecular weight excluding hydrogens is 292 g/mol. The molecule has 1 atom stereocenters. The van der Waals surface area contributed by atoms with Crippen molar-refractivity contribution in [1.29, 1.82) is 0 Å². The van der Waals surface area contributed by atoms with E-state index in [1.807, 2.05) is 12.1 Å². The second-order valence-corrected chi connectivity index (χ2v) is 4.89. The molecule has 0 aromatic heterocycles. The van der Waals surface area contributed by atoms with Crippen molar-refractivity contribution in [3.05, 3.63) is 46.5 Å². The fourth-order valence-electron chi connectivity index (χ4n) is 2.31. The fraction of sp³-hybridized carbons (Fsp3) is 0.357. The van der Waals surface area contributed by atoms with Gasteiger partial charge in [0.05, 0.1) is 6.04 Å². The molecule has 2 amide bonds. The van der Waals surface area contributed by atoms with Gasteiger partial charge in [0.25, 0.3) is 0 Å². The van der Waals surface area contributed by atoms with Crippen molar-refractivity contribution >= 4 is 22.0 Å². The van der Waals surface area contributed by atoms with Crippen LogP contribution in [0.3, 0.4) is 0 Å². The monoisotopic (exact) mass is 308 g/mol. The zero-order chi connectivity index (χ0) is 12.8. The van der Waals surface area contributed by atoms with Gasteiger partial charge in [0.15, 0.2) is 0 Å². The summed E-state index contributed by atoms with van der Waals surface area (Å²) >= 11 is 3.17. The lowest BCUT2D eigenvalue weighted by Gasteiger charge is -2.26. The Kier molecular flexibility index (Phi) is 4.81. The molecule has 96 valence electrons. The van der Waals surface area contributed by atoms with E-state index in [4.69, 9.17) is 0 Å². The lowest BCUT2D eigenvalue weighted by molar-refractivity contribution is 0.236. The van der Waals surface area contributed by atoms with Gasteiger partial charge in [0.1, 0.15) is 0 Å². The Bertz CT molecular complexity index is 445. The molecule has 0 radical (unpaired) electrons. The van der Waals surface area contributed by atoms with E-state index < -0.39 is 0 Å². The number of urea groups is 1. The average molecular weight is 309 g/mol. The Labute approximate surface area is 116 Å². The molecule has 1 aromatic rings. The molecule has 0 bridgehead atoms. The van der Waals surface area contributed by atoms with Gasteiger partial charge in [-0.15, -0.1) is 0 Å². The largest absolute Gasteiger partial charge is 0.335 e. The molecule has 1 aliphatic carbocycles. The quantitative estimate of drug-likeness (QED) is 0.884. The highest BCUT2D eigenvalue weighted by molar-refractivity contribution is 9.11. The highest BCUT2D eigenvalue weighted by Crippen LogP contribution is 2.29. The first-order chi connectivity index (χ1) is 8.81. The summed E-state index contributed by atoms with van der Waals surface area (Å²) in [6, 6.07) is 8.38. The number of nitrogens with one attached hydrogen (secondary N) is 2. The summed E-state index contributed by atoms with van der Waals surface area (Å²) in [5.74, 6) is 0. The number of aryl methyl sites for hydroxylation is 1. The summed E-state index contributed by atoms with van der Waals surface area (Å²) in [4.78, 5) is 13.5. The number of fused-ring (bicyclic) bond motifs is 1. The van der Waals surface area contributed by atoms with Crippen LogP contribution in [0.2, 0.25) is 0 Å². The van der Waals surface area contributed by atoms with E-state index in [-0.39, 0.29) is 12.1 Å². The van der Waals surface area contributed by atoms with Crippen LogP contribution in [0.4, 0.5) is 4.79 Å². The molecule has 0 saturated heterocycles. The van der Waals surface area contributed by atoms with Crippen LogP contribution in [0.15, 0.2) is 35.3 Å². The minimum absolute atomic E-state index is 0.109. The van der Waals surface area contributed by atoms with Crippen LogP contribution in [0.25, 0.3) is 0 Å². The summed E-state index contributed by atoms with van der Waals surface area (Å²) in [6.07, 6.45) is 5.10. The number of benzene rings is 1. The van der Waals surface area contributed by atoms with Crippen LogP contribution in [-0.4, -0.2) is 12.6 Å². The number of carbonyl (C=O) groups is 1. The number of amides is 2. The van der Waals surface area contributed by atoms with Crippen molar-refractivity contribution in [1.82, 2.24) is 10.6 Å². The third-order valence-corrected chi connectivity index (χ3v) is 3.52. The second kappa shape index (κ2) is 6.59. The summed E-state index contributed by atoms with van der Waals surface area (Å²) in [7, 11) is 0. The van der Waals surface area contributed by atoms with Gasteiger partial charge in [-0.25, -0.2) is 4.79 Å². The summed E-state index contributed by atoms with van der Waals surface area (Å²) in [6.45, 7) is 0.533. The molecular formula is C14H17BrN2O. The molecule has 2 rings (SSSR count). The molecule has 0 aliphatic heterocycles. The van der Waals surface area contributed by atoms with Crippen molar-refractivity contribution in [2.24, 2.45) is 0 Å². The van der Waals surface area contributed by atoms with E-state index in [0.29, 0.717) is 6.54 Å². The maximum absolute atomic E-state index is 11.7. The third kappa shape index (κ3) is 3.35. The first-order valence-corrected chi connectivity index (χ1v) is 7.10. The molecule has 2 N–H and O–H groups in total. The Morgan fingerprint density at radius 1 is 1.44 bits per heavy atom. The Balaban J connectivity index is 1.96. The molecule has 0 unspecified atom stereocenters. The molecule has 0 heterocycles. The zero-order valence-corrected chi connectivity index (χ0v) is 11.7. The van der Waals surface area contributed by atoms with Crippen LogP contribution < -0.4 is 10.6 Å². The van der Waals surface area contributed by atoms with Crippen LogP contribution in [0.1, 0.15) is 30.0 Å². The van der Waals surface area contributed by atoms with Gasteiger partial charge < -0.3 is 10.6 Å². The van der Waals surface area contributed by atoms with Crippen molar-refractivity contribution in [2.75, 3.05) is 6.54 Å². The maximum atomic E-state index is 11.7. The van der Waals surface area contributed by atoms with Gasteiger partial charge in [-0.3, -0.25) is 0 Å². The van der Waals surface area contributed by atoms with Gasteiger partial charge in [-0.2, -0.15) is 0 Å².